The Balaban J connectivity index is 1.58. The summed E-state index contributed by atoms with van der Waals surface area (Å²) >= 11 is 0. The van der Waals surface area contributed by atoms with E-state index in [-0.39, 0.29) is 17.3 Å². The van der Waals surface area contributed by atoms with Gasteiger partial charge in [-0.1, -0.05) is 11.6 Å². The Bertz CT molecular complexity index is 1000. The number of amides is 1. The summed E-state index contributed by atoms with van der Waals surface area (Å²) in [5, 5.41) is 19.4. The molecule has 3 aromatic heterocycles. The zero-order valence-electron chi connectivity index (χ0n) is 16.6. The normalized spacial score (nSPS) is 16.2. The monoisotopic (exact) mass is 414 g/mol. The van der Waals surface area contributed by atoms with E-state index < -0.39 is 5.91 Å². The van der Waals surface area contributed by atoms with E-state index in [0.717, 1.165) is 12.8 Å². The van der Waals surface area contributed by atoms with Gasteiger partial charge in [0, 0.05) is 0 Å². The molecule has 1 atom stereocenters. The molecular weight excluding hydrogens is 390 g/mol. The number of rotatable bonds is 7. The highest BCUT2D eigenvalue weighted by atomic mass is 16.6. The van der Waals surface area contributed by atoms with Gasteiger partial charge in [0.15, 0.2) is 5.69 Å². The number of nitrogen functional groups attached to an aromatic ring is 1. The number of quaternary nitrogens is 1. The van der Waals surface area contributed by atoms with E-state index >= 15 is 0 Å². The number of aromatic nitrogens is 5. The second-order valence-electron chi connectivity index (χ2n) is 7.34. The molecule has 0 spiro atoms. The molecule has 30 heavy (non-hydrogen) atoms. The topological polar surface area (TPSA) is 155 Å². The zero-order valence-corrected chi connectivity index (χ0v) is 16.6. The average molecular weight is 414 g/mol. The summed E-state index contributed by atoms with van der Waals surface area (Å²) < 4.78 is 11.3. The maximum atomic E-state index is 12.7. The van der Waals surface area contributed by atoms with E-state index in [1.165, 1.54) is 41.3 Å². The first-order valence-electron chi connectivity index (χ1n) is 9.85. The lowest BCUT2D eigenvalue weighted by Gasteiger charge is -2.28. The van der Waals surface area contributed by atoms with Crippen molar-refractivity contribution >= 4 is 17.9 Å². The number of hydrazone groups is 1. The Morgan fingerprint density at radius 2 is 2.23 bits per heavy atom. The van der Waals surface area contributed by atoms with Crippen molar-refractivity contribution in [1.82, 2.24) is 30.7 Å². The Morgan fingerprint density at radius 3 is 2.93 bits per heavy atom. The SMILES string of the molecule is C[NH+](Cc1c(C(=O)N/N=C\c2ccco2)nnn1-c1nonc1N)C1CCCCC1. The summed E-state index contributed by atoms with van der Waals surface area (Å²) in [5.74, 6) is 0.291. The molecule has 1 unspecified atom stereocenters. The molecule has 12 nitrogen and oxygen atoms in total. The van der Waals surface area contributed by atoms with Gasteiger partial charge in [0.1, 0.15) is 18.0 Å². The molecule has 12 heteroatoms. The minimum atomic E-state index is -0.495. The number of nitrogens with zero attached hydrogens (tertiary/aromatic N) is 6. The lowest BCUT2D eigenvalue weighted by molar-refractivity contribution is -0.921. The third-order valence-corrected chi connectivity index (χ3v) is 5.32. The van der Waals surface area contributed by atoms with Crippen LogP contribution in [0.3, 0.4) is 0 Å². The molecule has 0 saturated heterocycles. The third kappa shape index (κ3) is 4.22. The largest absolute Gasteiger partial charge is 0.463 e. The van der Waals surface area contributed by atoms with Gasteiger partial charge in [-0.3, -0.25) is 4.79 Å². The van der Waals surface area contributed by atoms with E-state index in [9.17, 15) is 4.79 Å². The fourth-order valence-electron chi connectivity index (χ4n) is 3.72. The van der Waals surface area contributed by atoms with E-state index in [2.05, 4.69) is 38.2 Å². The van der Waals surface area contributed by atoms with Gasteiger partial charge in [-0.15, -0.1) is 5.10 Å². The van der Waals surface area contributed by atoms with Crippen LogP contribution in [-0.2, 0) is 6.54 Å². The van der Waals surface area contributed by atoms with E-state index in [1.54, 1.807) is 12.1 Å². The van der Waals surface area contributed by atoms with Crippen LogP contribution in [0.1, 0.15) is 54.0 Å². The second kappa shape index (κ2) is 8.86. The standard InChI is InChI=1S/C18H23N9O3/c1-26(12-6-3-2-4-7-12)11-14-15(18(28)22-20-10-13-8-5-9-29-13)21-25-27(14)17-16(19)23-30-24-17/h5,8-10,12H,2-4,6-7,11H2,1H3,(H2,19,23)(H,22,28)/p+1/b20-10-. The van der Waals surface area contributed by atoms with Crippen molar-refractivity contribution in [3.63, 3.8) is 0 Å². The second-order valence-corrected chi connectivity index (χ2v) is 7.34. The van der Waals surface area contributed by atoms with Crippen molar-refractivity contribution in [2.75, 3.05) is 12.8 Å². The highest BCUT2D eigenvalue weighted by Gasteiger charge is 2.29. The maximum absolute atomic E-state index is 12.7. The van der Waals surface area contributed by atoms with Crippen LogP contribution in [0.2, 0.25) is 0 Å². The lowest BCUT2D eigenvalue weighted by atomic mass is 9.94. The summed E-state index contributed by atoms with van der Waals surface area (Å²) in [4.78, 5) is 14.0. The number of carbonyl (C=O) groups is 1. The van der Waals surface area contributed by atoms with Crippen molar-refractivity contribution in [3.05, 3.63) is 35.5 Å². The molecule has 1 fully saturated rings. The van der Waals surface area contributed by atoms with Gasteiger partial charge >= 0.3 is 0 Å². The molecule has 3 heterocycles. The molecule has 1 aliphatic carbocycles. The van der Waals surface area contributed by atoms with Crippen LogP contribution in [0, 0.1) is 0 Å². The van der Waals surface area contributed by atoms with Crippen LogP contribution in [-0.4, -0.2) is 50.5 Å². The number of furan rings is 1. The first-order valence-corrected chi connectivity index (χ1v) is 9.85. The van der Waals surface area contributed by atoms with Crippen LogP contribution in [0.15, 0.2) is 32.5 Å². The Hall–Kier alpha value is -3.54. The predicted molar refractivity (Wildman–Crippen MR) is 105 cm³/mol. The first kappa shape index (κ1) is 19.8. The first-order chi connectivity index (χ1) is 14.6. The van der Waals surface area contributed by atoms with Gasteiger partial charge in [-0.2, -0.15) is 9.78 Å². The molecule has 0 aromatic carbocycles. The molecule has 0 aliphatic heterocycles. The van der Waals surface area contributed by atoms with E-state index in [4.69, 9.17) is 14.8 Å². The molecule has 3 aromatic rings. The molecule has 1 saturated carbocycles. The molecular formula is C18H24N9O3+. The van der Waals surface area contributed by atoms with E-state index in [0.29, 0.717) is 24.0 Å². The smallest absolute Gasteiger partial charge is 0.294 e. The quantitative estimate of drug-likeness (QED) is 0.359. The molecule has 158 valence electrons. The van der Waals surface area contributed by atoms with Crippen LogP contribution in [0.5, 0.6) is 0 Å². The fraction of sp³-hybridized carbons (Fsp3) is 0.444. The number of nitrogens with one attached hydrogen (secondary N) is 2. The molecule has 0 bridgehead atoms. The van der Waals surface area contributed by atoms with Crippen LogP contribution in [0.25, 0.3) is 5.82 Å². The number of anilines is 1. The number of nitrogens with two attached hydrogens (primary N) is 1. The fourth-order valence-corrected chi connectivity index (χ4v) is 3.72. The zero-order chi connectivity index (χ0) is 20.9. The maximum Gasteiger partial charge on any atom is 0.294 e. The van der Waals surface area contributed by atoms with Gasteiger partial charge in [-0.25, -0.2) is 10.1 Å². The van der Waals surface area contributed by atoms with Gasteiger partial charge in [-0.05, 0) is 48.1 Å². The predicted octanol–water partition coefficient (Wildman–Crippen LogP) is -0.0632. The Morgan fingerprint density at radius 1 is 1.40 bits per heavy atom. The van der Waals surface area contributed by atoms with Crippen molar-refractivity contribution in [2.45, 2.75) is 44.7 Å². The number of hydrogen-bond donors (Lipinski definition) is 3. The molecule has 1 amide bonds. The summed E-state index contributed by atoms with van der Waals surface area (Å²) in [5.41, 5.74) is 9.00. The third-order valence-electron chi connectivity index (χ3n) is 5.32. The molecule has 4 rings (SSSR count). The van der Waals surface area contributed by atoms with E-state index in [1.807, 2.05) is 0 Å². The van der Waals surface area contributed by atoms with Crippen molar-refractivity contribution in [3.8, 4) is 5.82 Å². The summed E-state index contributed by atoms with van der Waals surface area (Å²) in [6.45, 7) is 0.509. The van der Waals surface area contributed by atoms with Crippen LogP contribution >= 0.6 is 0 Å². The van der Waals surface area contributed by atoms with Crippen LogP contribution < -0.4 is 16.1 Å². The molecule has 0 radical (unpaired) electrons. The number of carbonyl (C=O) groups excluding carboxylic acids is 1. The van der Waals surface area contributed by atoms with Gasteiger partial charge < -0.3 is 15.1 Å². The molecule has 4 N–H and O–H groups in total. The summed E-state index contributed by atoms with van der Waals surface area (Å²) in [6.07, 6.45) is 8.93. The highest BCUT2D eigenvalue weighted by molar-refractivity contribution is 5.94. The van der Waals surface area contributed by atoms with Crippen LogP contribution in [0.4, 0.5) is 5.82 Å². The average Bonchev–Trinajstić information content (AvgIpc) is 3.50. The van der Waals surface area contributed by atoms with Crippen molar-refractivity contribution < 1.29 is 18.7 Å². The Labute approximate surface area is 172 Å². The van der Waals surface area contributed by atoms with Crippen molar-refractivity contribution in [1.29, 1.82) is 0 Å². The van der Waals surface area contributed by atoms with Crippen molar-refractivity contribution in [2.24, 2.45) is 5.10 Å². The molecule has 1 aliphatic rings. The number of hydrogen-bond acceptors (Lipinski definition) is 9. The highest BCUT2D eigenvalue weighted by Crippen LogP contribution is 2.18. The van der Waals surface area contributed by atoms with Gasteiger partial charge in [0.05, 0.1) is 25.6 Å². The minimum absolute atomic E-state index is 0.0688. The summed E-state index contributed by atoms with van der Waals surface area (Å²) in [6, 6.07) is 3.95. The summed E-state index contributed by atoms with van der Waals surface area (Å²) in [7, 11) is 2.11. The lowest BCUT2D eigenvalue weighted by Crippen LogP contribution is -3.11. The minimum Gasteiger partial charge on any atom is -0.463 e. The van der Waals surface area contributed by atoms with Gasteiger partial charge in [0.25, 0.3) is 5.91 Å². The van der Waals surface area contributed by atoms with Gasteiger partial charge in [0.2, 0.25) is 11.6 Å². The Kier molecular flexibility index (Phi) is 5.84.